The fourth-order valence-corrected chi connectivity index (χ4v) is 3.63. The van der Waals surface area contributed by atoms with Crippen molar-refractivity contribution in [1.29, 1.82) is 0 Å². The lowest BCUT2D eigenvalue weighted by Gasteiger charge is -2.16. The zero-order chi connectivity index (χ0) is 15.7. The van der Waals surface area contributed by atoms with Crippen molar-refractivity contribution in [2.24, 2.45) is 5.92 Å². The molecule has 0 saturated carbocycles. The second-order valence-corrected chi connectivity index (χ2v) is 8.02. The molecule has 1 N–H and O–H groups in total. The van der Waals surface area contributed by atoms with Gasteiger partial charge in [0.1, 0.15) is 0 Å². The van der Waals surface area contributed by atoms with Crippen molar-refractivity contribution >= 4 is 54.2 Å². The van der Waals surface area contributed by atoms with Crippen molar-refractivity contribution in [1.82, 2.24) is 4.98 Å². The lowest BCUT2D eigenvalue weighted by molar-refractivity contribution is -0.116. The smallest absolute Gasteiger partial charge is 0.240 e. The van der Waals surface area contributed by atoms with Gasteiger partial charge in [-0.15, -0.1) is 0 Å². The zero-order valence-corrected chi connectivity index (χ0v) is 15.2. The molecule has 6 heteroatoms. The van der Waals surface area contributed by atoms with Crippen molar-refractivity contribution < 1.29 is 4.79 Å². The quantitative estimate of drug-likeness (QED) is 0.804. The Morgan fingerprint density at radius 3 is 2.77 bits per heavy atom. The van der Waals surface area contributed by atoms with E-state index in [-0.39, 0.29) is 16.7 Å². The fraction of sp³-hybridized carbons (Fsp3) is 0.500. The highest BCUT2D eigenvalue weighted by Gasteiger charge is 2.20. The summed E-state index contributed by atoms with van der Waals surface area (Å²) in [6, 6.07) is 6.35. The summed E-state index contributed by atoms with van der Waals surface area (Å²) in [7, 11) is 0. The maximum absolute atomic E-state index is 12.1. The van der Waals surface area contributed by atoms with Gasteiger partial charge in [-0.1, -0.05) is 41.1 Å². The van der Waals surface area contributed by atoms with Gasteiger partial charge in [-0.2, -0.15) is 0 Å². The maximum atomic E-state index is 12.1. The number of carbonyl (C=O) groups excluding carboxylic acids is 1. The van der Waals surface area contributed by atoms with Crippen molar-refractivity contribution in [2.75, 3.05) is 23.3 Å². The minimum atomic E-state index is -0.195. The van der Waals surface area contributed by atoms with Crippen LogP contribution in [-0.2, 0) is 4.79 Å². The summed E-state index contributed by atoms with van der Waals surface area (Å²) in [5.41, 5.74) is 2.20. The average molecular weight is 382 g/mol. The van der Waals surface area contributed by atoms with Crippen LogP contribution in [0, 0.1) is 5.92 Å². The standard InChI is InChI=1S/C16H20BrN3OS/c1-10(2)14(17)15(21)19-16-18-12-6-5-11(9-13(12)22-16)20-7-3-4-8-20/h5-6,9-10,14H,3-4,7-8H2,1-2H3,(H,18,19,21)/t14-/m0/s1. The van der Waals surface area contributed by atoms with Crippen molar-refractivity contribution in [3.8, 4) is 0 Å². The first kappa shape index (κ1) is 15.7. The molecule has 1 aromatic carbocycles. The minimum absolute atomic E-state index is 0.0335. The molecule has 1 aromatic heterocycles. The molecule has 2 heterocycles. The number of nitrogens with zero attached hydrogens (tertiary/aromatic N) is 2. The maximum Gasteiger partial charge on any atom is 0.240 e. The molecule has 118 valence electrons. The minimum Gasteiger partial charge on any atom is -0.371 e. The number of anilines is 2. The number of hydrogen-bond donors (Lipinski definition) is 1. The third-order valence-electron chi connectivity index (χ3n) is 3.91. The first-order valence-corrected chi connectivity index (χ1v) is 9.38. The lowest BCUT2D eigenvalue weighted by Crippen LogP contribution is -2.26. The molecule has 0 unspecified atom stereocenters. The van der Waals surface area contributed by atoms with Gasteiger partial charge in [0.05, 0.1) is 15.0 Å². The Balaban J connectivity index is 1.79. The van der Waals surface area contributed by atoms with Gasteiger partial charge in [-0.25, -0.2) is 4.98 Å². The largest absolute Gasteiger partial charge is 0.371 e. The summed E-state index contributed by atoms with van der Waals surface area (Å²) in [5.74, 6) is 0.213. The number of fused-ring (bicyclic) bond motifs is 1. The number of carbonyl (C=O) groups is 1. The Hall–Kier alpha value is -1.14. The van der Waals surface area contributed by atoms with E-state index >= 15 is 0 Å². The van der Waals surface area contributed by atoms with E-state index in [0.29, 0.717) is 5.13 Å². The number of halogens is 1. The molecule has 4 nitrogen and oxygen atoms in total. The third kappa shape index (κ3) is 3.27. The van der Waals surface area contributed by atoms with Crippen molar-refractivity contribution in [3.05, 3.63) is 18.2 Å². The molecule has 3 rings (SSSR count). The number of amides is 1. The molecule has 2 aromatic rings. The van der Waals surface area contributed by atoms with Crippen LogP contribution in [0.2, 0.25) is 0 Å². The summed E-state index contributed by atoms with van der Waals surface area (Å²) < 4.78 is 1.12. The molecule has 0 spiro atoms. The van der Waals surface area contributed by atoms with Crippen LogP contribution in [0.15, 0.2) is 18.2 Å². The number of alkyl halides is 1. The number of nitrogens with one attached hydrogen (secondary N) is 1. The van der Waals surface area contributed by atoms with E-state index in [9.17, 15) is 4.79 Å². The predicted molar refractivity (Wildman–Crippen MR) is 97.2 cm³/mol. The Morgan fingerprint density at radius 2 is 2.09 bits per heavy atom. The van der Waals surface area contributed by atoms with E-state index in [2.05, 4.69) is 43.3 Å². The van der Waals surface area contributed by atoms with Gasteiger partial charge in [0, 0.05) is 18.8 Å². The van der Waals surface area contributed by atoms with Crippen LogP contribution in [-0.4, -0.2) is 28.8 Å². The molecule has 0 radical (unpaired) electrons. The van der Waals surface area contributed by atoms with Crippen LogP contribution in [0.5, 0.6) is 0 Å². The van der Waals surface area contributed by atoms with Crippen molar-refractivity contribution in [2.45, 2.75) is 31.5 Å². The molecule has 0 bridgehead atoms. The van der Waals surface area contributed by atoms with Crippen LogP contribution in [0.1, 0.15) is 26.7 Å². The molecular formula is C16H20BrN3OS. The number of benzene rings is 1. The lowest BCUT2D eigenvalue weighted by atomic mass is 10.1. The normalized spacial score (nSPS) is 16.5. The van der Waals surface area contributed by atoms with Crippen LogP contribution in [0.25, 0.3) is 10.2 Å². The van der Waals surface area contributed by atoms with Crippen LogP contribution < -0.4 is 10.2 Å². The topological polar surface area (TPSA) is 45.2 Å². The second kappa shape index (κ2) is 6.54. The Labute approximate surface area is 143 Å². The van der Waals surface area contributed by atoms with E-state index < -0.39 is 0 Å². The molecule has 1 fully saturated rings. The molecule has 1 saturated heterocycles. The SMILES string of the molecule is CC(C)[C@H](Br)C(=O)Nc1nc2ccc(N3CCCC3)cc2s1. The second-order valence-electron chi connectivity index (χ2n) is 6.00. The summed E-state index contributed by atoms with van der Waals surface area (Å²) in [6.45, 7) is 6.29. The Bertz CT molecular complexity index is 679. The summed E-state index contributed by atoms with van der Waals surface area (Å²) in [5, 5.41) is 3.58. The molecule has 0 aliphatic carbocycles. The zero-order valence-electron chi connectivity index (χ0n) is 12.8. The molecule has 22 heavy (non-hydrogen) atoms. The summed E-state index contributed by atoms with van der Waals surface area (Å²) in [6.07, 6.45) is 2.54. The number of thiazole rings is 1. The highest BCUT2D eigenvalue weighted by atomic mass is 79.9. The van der Waals surface area contributed by atoms with Crippen LogP contribution in [0.4, 0.5) is 10.8 Å². The number of rotatable bonds is 4. The first-order valence-electron chi connectivity index (χ1n) is 7.65. The highest BCUT2D eigenvalue weighted by Crippen LogP contribution is 2.31. The molecule has 1 amide bonds. The van der Waals surface area contributed by atoms with Crippen LogP contribution in [0.3, 0.4) is 0 Å². The number of aromatic nitrogens is 1. The molecule has 1 aliphatic rings. The van der Waals surface area contributed by atoms with Gasteiger partial charge in [0.25, 0.3) is 0 Å². The van der Waals surface area contributed by atoms with E-state index in [0.717, 1.165) is 23.3 Å². The monoisotopic (exact) mass is 381 g/mol. The summed E-state index contributed by atoms with van der Waals surface area (Å²) in [4.78, 5) is 18.8. The van der Waals surface area contributed by atoms with E-state index in [1.807, 2.05) is 19.9 Å². The van der Waals surface area contributed by atoms with Gasteiger partial charge in [0.15, 0.2) is 5.13 Å². The van der Waals surface area contributed by atoms with E-state index in [4.69, 9.17) is 0 Å². The van der Waals surface area contributed by atoms with Gasteiger partial charge in [0.2, 0.25) is 5.91 Å². The Kier molecular flexibility index (Phi) is 4.68. The van der Waals surface area contributed by atoms with Gasteiger partial charge in [-0.3, -0.25) is 4.79 Å². The average Bonchev–Trinajstić information content (AvgIpc) is 3.14. The van der Waals surface area contributed by atoms with E-state index in [1.165, 1.54) is 29.9 Å². The third-order valence-corrected chi connectivity index (χ3v) is 6.32. The van der Waals surface area contributed by atoms with Crippen molar-refractivity contribution in [3.63, 3.8) is 0 Å². The van der Waals surface area contributed by atoms with Gasteiger partial charge >= 0.3 is 0 Å². The first-order chi connectivity index (χ1) is 10.5. The molecular weight excluding hydrogens is 362 g/mol. The molecule has 1 atom stereocenters. The summed E-state index contributed by atoms with van der Waals surface area (Å²) >= 11 is 4.96. The van der Waals surface area contributed by atoms with E-state index in [1.54, 1.807) is 0 Å². The van der Waals surface area contributed by atoms with Crippen LogP contribution >= 0.6 is 27.3 Å². The van der Waals surface area contributed by atoms with Gasteiger partial charge < -0.3 is 10.2 Å². The fourth-order valence-electron chi connectivity index (χ4n) is 2.62. The highest BCUT2D eigenvalue weighted by molar-refractivity contribution is 9.10. The number of hydrogen-bond acceptors (Lipinski definition) is 4. The predicted octanol–water partition coefficient (Wildman–Crippen LogP) is 4.25. The Morgan fingerprint density at radius 1 is 1.36 bits per heavy atom. The molecule has 1 aliphatic heterocycles. The van der Waals surface area contributed by atoms with Gasteiger partial charge in [-0.05, 0) is 37.0 Å².